The fourth-order valence-electron chi connectivity index (χ4n) is 3.51. The van der Waals surface area contributed by atoms with Crippen LogP contribution in [0.3, 0.4) is 0 Å². The summed E-state index contributed by atoms with van der Waals surface area (Å²) in [4.78, 5) is 28.0. The van der Waals surface area contributed by atoms with Crippen molar-refractivity contribution in [3.05, 3.63) is 84.2 Å². The summed E-state index contributed by atoms with van der Waals surface area (Å²) < 4.78 is 0. The van der Waals surface area contributed by atoms with Crippen LogP contribution in [0.25, 0.3) is 0 Å². The standard InChI is InChI=1S/C23H25N5O/c1-26(20-10-6-3-7-11-20)22(29)21-12-13-24-23(25-21)28-16-14-27(15-17-28)18-19-8-4-2-5-9-19/h2-13H,14-18H2,1H3. The van der Waals surface area contributed by atoms with Crippen LogP contribution in [0.5, 0.6) is 0 Å². The zero-order valence-electron chi connectivity index (χ0n) is 16.6. The van der Waals surface area contributed by atoms with Crippen LogP contribution in [0.2, 0.25) is 0 Å². The number of hydrogen-bond donors (Lipinski definition) is 0. The molecule has 1 fully saturated rings. The van der Waals surface area contributed by atoms with Crippen molar-refractivity contribution in [2.24, 2.45) is 0 Å². The second kappa shape index (κ2) is 8.84. The van der Waals surface area contributed by atoms with E-state index in [-0.39, 0.29) is 5.91 Å². The fourth-order valence-corrected chi connectivity index (χ4v) is 3.51. The van der Waals surface area contributed by atoms with Crippen LogP contribution in [0.4, 0.5) is 11.6 Å². The molecule has 29 heavy (non-hydrogen) atoms. The zero-order chi connectivity index (χ0) is 20.1. The third kappa shape index (κ3) is 4.60. The van der Waals surface area contributed by atoms with E-state index in [9.17, 15) is 4.79 Å². The van der Waals surface area contributed by atoms with Crippen LogP contribution in [-0.4, -0.2) is 54.0 Å². The maximum Gasteiger partial charge on any atom is 0.276 e. The molecule has 2 aromatic carbocycles. The average molecular weight is 387 g/mol. The lowest BCUT2D eigenvalue weighted by atomic mass is 10.2. The number of para-hydroxylation sites is 1. The average Bonchev–Trinajstić information content (AvgIpc) is 2.80. The summed E-state index contributed by atoms with van der Waals surface area (Å²) in [5.74, 6) is 0.485. The Morgan fingerprint density at radius 1 is 0.931 bits per heavy atom. The van der Waals surface area contributed by atoms with Crippen molar-refractivity contribution < 1.29 is 4.79 Å². The van der Waals surface area contributed by atoms with Gasteiger partial charge >= 0.3 is 0 Å². The number of carbonyl (C=O) groups excluding carboxylic acids is 1. The van der Waals surface area contributed by atoms with Gasteiger partial charge in [0.05, 0.1) is 0 Å². The van der Waals surface area contributed by atoms with Gasteiger partial charge in [0, 0.05) is 51.7 Å². The number of benzene rings is 2. The quantitative estimate of drug-likeness (QED) is 0.673. The van der Waals surface area contributed by atoms with E-state index in [4.69, 9.17) is 0 Å². The molecule has 0 atom stereocenters. The molecule has 0 spiro atoms. The minimum Gasteiger partial charge on any atom is -0.338 e. The van der Waals surface area contributed by atoms with E-state index in [1.165, 1.54) is 5.56 Å². The Hall–Kier alpha value is -3.25. The molecule has 0 unspecified atom stereocenters. The van der Waals surface area contributed by atoms with E-state index in [1.54, 1.807) is 24.2 Å². The van der Waals surface area contributed by atoms with E-state index in [0.717, 1.165) is 38.4 Å². The van der Waals surface area contributed by atoms with Gasteiger partial charge < -0.3 is 9.80 Å². The molecule has 1 aliphatic rings. The van der Waals surface area contributed by atoms with Gasteiger partial charge in [-0.15, -0.1) is 0 Å². The Kier molecular flexibility index (Phi) is 5.81. The number of anilines is 2. The van der Waals surface area contributed by atoms with Crippen LogP contribution >= 0.6 is 0 Å². The summed E-state index contributed by atoms with van der Waals surface area (Å²) in [6, 6.07) is 21.8. The molecule has 0 saturated carbocycles. The second-order valence-electron chi connectivity index (χ2n) is 7.19. The van der Waals surface area contributed by atoms with Gasteiger partial charge in [-0.3, -0.25) is 9.69 Å². The number of carbonyl (C=O) groups is 1. The first-order valence-electron chi connectivity index (χ1n) is 9.88. The van der Waals surface area contributed by atoms with Crippen LogP contribution < -0.4 is 9.80 Å². The number of aromatic nitrogens is 2. The molecule has 1 saturated heterocycles. The van der Waals surface area contributed by atoms with Crippen molar-refractivity contribution in [3.8, 4) is 0 Å². The lowest BCUT2D eigenvalue weighted by molar-refractivity contribution is 0.0988. The van der Waals surface area contributed by atoms with Gasteiger partial charge in [0.1, 0.15) is 5.69 Å². The van der Waals surface area contributed by atoms with Crippen LogP contribution in [0, 0.1) is 0 Å². The van der Waals surface area contributed by atoms with Crippen molar-refractivity contribution in [2.75, 3.05) is 43.0 Å². The highest BCUT2D eigenvalue weighted by Crippen LogP contribution is 2.17. The molecule has 0 radical (unpaired) electrons. The molecule has 1 aliphatic heterocycles. The Morgan fingerprint density at radius 3 is 2.28 bits per heavy atom. The number of rotatable bonds is 5. The third-order valence-electron chi connectivity index (χ3n) is 5.21. The van der Waals surface area contributed by atoms with Crippen LogP contribution in [0.15, 0.2) is 72.9 Å². The lowest BCUT2D eigenvalue weighted by Gasteiger charge is -2.34. The molecule has 0 N–H and O–H groups in total. The number of hydrogen-bond acceptors (Lipinski definition) is 5. The normalized spacial score (nSPS) is 14.6. The molecule has 0 bridgehead atoms. The first kappa shape index (κ1) is 19.1. The van der Waals surface area contributed by atoms with Gasteiger partial charge in [-0.1, -0.05) is 48.5 Å². The molecule has 1 amide bonds. The van der Waals surface area contributed by atoms with Gasteiger partial charge in [-0.25, -0.2) is 9.97 Å². The maximum atomic E-state index is 12.8. The first-order chi connectivity index (χ1) is 14.2. The molecular formula is C23H25N5O. The van der Waals surface area contributed by atoms with Crippen molar-refractivity contribution in [1.29, 1.82) is 0 Å². The molecule has 2 heterocycles. The highest BCUT2D eigenvalue weighted by atomic mass is 16.2. The Morgan fingerprint density at radius 2 is 1.59 bits per heavy atom. The third-order valence-corrected chi connectivity index (χ3v) is 5.21. The summed E-state index contributed by atoms with van der Waals surface area (Å²) >= 11 is 0. The summed E-state index contributed by atoms with van der Waals surface area (Å²) in [5, 5.41) is 0. The molecule has 6 nitrogen and oxygen atoms in total. The van der Waals surface area contributed by atoms with Crippen molar-refractivity contribution in [3.63, 3.8) is 0 Å². The smallest absolute Gasteiger partial charge is 0.276 e. The van der Waals surface area contributed by atoms with Crippen LogP contribution in [0.1, 0.15) is 16.1 Å². The van der Waals surface area contributed by atoms with E-state index >= 15 is 0 Å². The minimum atomic E-state index is -0.137. The van der Waals surface area contributed by atoms with Gasteiger partial charge in [0.2, 0.25) is 5.95 Å². The van der Waals surface area contributed by atoms with Crippen molar-refractivity contribution in [2.45, 2.75) is 6.54 Å². The zero-order valence-corrected chi connectivity index (χ0v) is 16.6. The van der Waals surface area contributed by atoms with Crippen molar-refractivity contribution in [1.82, 2.24) is 14.9 Å². The Balaban J connectivity index is 1.40. The van der Waals surface area contributed by atoms with E-state index < -0.39 is 0 Å². The molecule has 4 rings (SSSR count). The van der Waals surface area contributed by atoms with Crippen molar-refractivity contribution >= 4 is 17.5 Å². The van der Waals surface area contributed by atoms with Gasteiger partial charge in [0.15, 0.2) is 0 Å². The SMILES string of the molecule is CN(C(=O)c1ccnc(N2CCN(Cc3ccccc3)CC2)n1)c1ccccc1. The number of amides is 1. The molecule has 148 valence electrons. The van der Waals surface area contributed by atoms with Gasteiger partial charge in [0.25, 0.3) is 5.91 Å². The highest BCUT2D eigenvalue weighted by Gasteiger charge is 2.21. The predicted molar refractivity (Wildman–Crippen MR) is 115 cm³/mol. The second-order valence-corrected chi connectivity index (χ2v) is 7.19. The molecule has 0 aliphatic carbocycles. The van der Waals surface area contributed by atoms with E-state index in [2.05, 4.69) is 44.0 Å². The summed E-state index contributed by atoms with van der Waals surface area (Å²) in [5.41, 5.74) is 2.58. The first-order valence-corrected chi connectivity index (χ1v) is 9.88. The summed E-state index contributed by atoms with van der Waals surface area (Å²) in [6.07, 6.45) is 1.67. The molecule has 1 aromatic heterocycles. The number of nitrogens with zero attached hydrogens (tertiary/aromatic N) is 5. The summed E-state index contributed by atoms with van der Waals surface area (Å²) in [6.45, 7) is 4.54. The lowest BCUT2D eigenvalue weighted by Crippen LogP contribution is -2.46. The van der Waals surface area contributed by atoms with E-state index in [1.807, 2.05) is 36.4 Å². The highest BCUT2D eigenvalue weighted by molar-refractivity contribution is 6.04. The minimum absolute atomic E-state index is 0.137. The monoisotopic (exact) mass is 387 g/mol. The topological polar surface area (TPSA) is 52.6 Å². The Labute approximate surface area is 171 Å². The van der Waals surface area contributed by atoms with Crippen LogP contribution in [-0.2, 0) is 6.54 Å². The van der Waals surface area contributed by atoms with Gasteiger partial charge in [-0.05, 0) is 23.8 Å². The number of piperazine rings is 1. The summed E-state index contributed by atoms with van der Waals surface area (Å²) in [7, 11) is 1.77. The fraction of sp³-hybridized carbons (Fsp3) is 0.261. The molecule has 3 aromatic rings. The Bertz CT molecular complexity index is 940. The maximum absolute atomic E-state index is 12.8. The largest absolute Gasteiger partial charge is 0.338 e. The van der Waals surface area contributed by atoms with E-state index in [0.29, 0.717) is 11.6 Å². The van der Waals surface area contributed by atoms with Gasteiger partial charge in [-0.2, -0.15) is 0 Å². The molecular weight excluding hydrogens is 362 g/mol. The predicted octanol–water partition coefficient (Wildman–Crippen LogP) is 3.08. The molecule has 6 heteroatoms.